The van der Waals surface area contributed by atoms with Crippen LogP contribution < -0.4 is 10.5 Å². The van der Waals surface area contributed by atoms with Gasteiger partial charge in [-0.3, -0.25) is 0 Å². The number of ether oxygens (including phenoxy) is 1. The van der Waals surface area contributed by atoms with E-state index in [1.165, 1.54) is 6.07 Å². The van der Waals surface area contributed by atoms with Crippen LogP contribution in [0.1, 0.15) is 26.7 Å². The molecule has 0 aromatic heterocycles. The largest absolute Gasteiger partial charge is 0.398 e. The average Bonchev–Trinajstić information content (AvgIpc) is 2.30. The average molecular weight is 363 g/mol. The molecule has 3 N–H and O–H groups in total. The van der Waals surface area contributed by atoms with Crippen molar-refractivity contribution in [3.63, 3.8) is 0 Å². The lowest BCUT2D eigenvalue weighted by molar-refractivity contribution is -0.0599. The SMILES string of the molecule is CC1(C)CC(NS(=O)(=O)c2cc(Br)ccc2N)CCO1. The third kappa shape index (κ3) is 3.72. The molecule has 1 aliphatic rings. The van der Waals surface area contributed by atoms with E-state index in [9.17, 15) is 8.42 Å². The Hall–Kier alpha value is -0.630. The van der Waals surface area contributed by atoms with Gasteiger partial charge >= 0.3 is 0 Å². The molecule has 0 amide bonds. The quantitative estimate of drug-likeness (QED) is 0.808. The summed E-state index contributed by atoms with van der Waals surface area (Å²) in [5, 5.41) is 0. The minimum absolute atomic E-state index is 0.108. The molecule has 1 aromatic carbocycles. The van der Waals surface area contributed by atoms with Crippen LogP contribution >= 0.6 is 15.9 Å². The summed E-state index contributed by atoms with van der Waals surface area (Å²) >= 11 is 3.26. The molecular formula is C13H19BrN2O3S. The van der Waals surface area contributed by atoms with E-state index in [1.807, 2.05) is 13.8 Å². The molecule has 1 aromatic rings. The lowest BCUT2D eigenvalue weighted by Crippen LogP contribution is -2.45. The first-order valence-corrected chi connectivity index (χ1v) is 8.68. The minimum Gasteiger partial charge on any atom is -0.398 e. The molecular weight excluding hydrogens is 344 g/mol. The van der Waals surface area contributed by atoms with Crippen molar-refractivity contribution in [2.24, 2.45) is 0 Å². The van der Waals surface area contributed by atoms with Crippen LogP contribution in [0.25, 0.3) is 0 Å². The number of anilines is 1. The zero-order valence-corrected chi connectivity index (χ0v) is 13.9. The first-order valence-electron chi connectivity index (χ1n) is 6.41. The van der Waals surface area contributed by atoms with E-state index in [0.29, 0.717) is 23.9 Å². The summed E-state index contributed by atoms with van der Waals surface area (Å²) in [6, 6.07) is 4.67. The molecule has 0 saturated carbocycles. The fourth-order valence-corrected chi connectivity index (χ4v) is 4.30. The van der Waals surface area contributed by atoms with Crippen molar-refractivity contribution in [2.75, 3.05) is 12.3 Å². The number of sulfonamides is 1. The second-order valence-corrected chi connectivity index (χ2v) is 8.20. The molecule has 1 saturated heterocycles. The normalized spacial score (nSPS) is 22.6. The molecule has 1 unspecified atom stereocenters. The van der Waals surface area contributed by atoms with Gasteiger partial charge in [0.1, 0.15) is 4.90 Å². The summed E-state index contributed by atoms with van der Waals surface area (Å²) in [5.74, 6) is 0. The molecule has 0 spiro atoms. The fourth-order valence-electron chi connectivity index (χ4n) is 2.36. The summed E-state index contributed by atoms with van der Waals surface area (Å²) in [6.45, 7) is 4.47. The standard InChI is InChI=1S/C13H19BrN2O3S/c1-13(2)8-10(5-6-19-13)16-20(17,18)12-7-9(14)3-4-11(12)15/h3-4,7,10,16H,5-6,8,15H2,1-2H3. The Bertz CT molecular complexity index is 602. The molecule has 20 heavy (non-hydrogen) atoms. The van der Waals surface area contributed by atoms with Crippen molar-refractivity contribution < 1.29 is 13.2 Å². The first kappa shape index (κ1) is 15.8. The molecule has 5 nitrogen and oxygen atoms in total. The van der Waals surface area contributed by atoms with Crippen molar-refractivity contribution in [3.05, 3.63) is 22.7 Å². The molecule has 0 aliphatic carbocycles. The number of benzene rings is 1. The van der Waals surface area contributed by atoms with Crippen LogP contribution in [0, 0.1) is 0 Å². The smallest absolute Gasteiger partial charge is 0.242 e. The highest BCUT2D eigenvalue weighted by Gasteiger charge is 2.32. The number of hydrogen-bond acceptors (Lipinski definition) is 4. The molecule has 7 heteroatoms. The van der Waals surface area contributed by atoms with Crippen molar-refractivity contribution >= 4 is 31.6 Å². The van der Waals surface area contributed by atoms with Crippen LogP contribution in [-0.2, 0) is 14.8 Å². The van der Waals surface area contributed by atoms with Gasteiger partial charge in [0.25, 0.3) is 0 Å². The molecule has 112 valence electrons. The topological polar surface area (TPSA) is 81.4 Å². The maximum atomic E-state index is 12.4. The predicted octanol–water partition coefficient (Wildman–Crippen LogP) is 2.27. The van der Waals surface area contributed by atoms with Gasteiger partial charge in [-0.05, 0) is 44.9 Å². The Balaban J connectivity index is 2.21. The third-order valence-corrected chi connectivity index (χ3v) is 5.35. The first-order chi connectivity index (χ1) is 9.20. The molecule has 2 rings (SSSR count). The zero-order valence-electron chi connectivity index (χ0n) is 11.5. The molecule has 1 atom stereocenters. The van der Waals surface area contributed by atoms with E-state index in [0.717, 1.165) is 0 Å². The zero-order chi connectivity index (χ0) is 15.0. The van der Waals surface area contributed by atoms with Gasteiger partial charge in [-0.15, -0.1) is 0 Å². The fraction of sp³-hybridized carbons (Fsp3) is 0.538. The number of nitrogens with one attached hydrogen (secondary N) is 1. The maximum absolute atomic E-state index is 12.4. The van der Waals surface area contributed by atoms with Crippen molar-refractivity contribution in [2.45, 2.75) is 43.2 Å². The Morgan fingerprint density at radius 1 is 1.45 bits per heavy atom. The third-order valence-electron chi connectivity index (χ3n) is 3.28. The molecule has 1 aliphatic heterocycles. The highest BCUT2D eigenvalue weighted by atomic mass is 79.9. The van der Waals surface area contributed by atoms with Crippen LogP contribution in [0.15, 0.2) is 27.6 Å². The van der Waals surface area contributed by atoms with Crippen LogP contribution in [0.2, 0.25) is 0 Å². The summed E-state index contributed by atoms with van der Waals surface area (Å²) in [7, 11) is -3.62. The minimum atomic E-state index is -3.62. The van der Waals surface area contributed by atoms with Gasteiger partial charge < -0.3 is 10.5 Å². The summed E-state index contributed by atoms with van der Waals surface area (Å²) in [4.78, 5) is 0.108. The van der Waals surface area contributed by atoms with E-state index in [1.54, 1.807) is 12.1 Å². The Kier molecular flexibility index (Phi) is 4.44. The van der Waals surface area contributed by atoms with Crippen molar-refractivity contribution in [3.8, 4) is 0 Å². The van der Waals surface area contributed by atoms with Gasteiger partial charge in [0.05, 0.1) is 11.3 Å². The maximum Gasteiger partial charge on any atom is 0.242 e. The summed E-state index contributed by atoms with van der Waals surface area (Å²) in [6.07, 6.45) is 1.30. The van der Waals surface area contributed by atoms with Gasteiger partial charge in [0.2, 0.25) is 10.0 Å². The van der Waals surface area contributed by atoms with Crippen LogP contribution in [-0.4, -0.2) is 26.7 Å². The summed E-state index contributed by atoms with van der Waals surface area (Å²) in [5.41, 5.74) is 5.70. The number of rotatable bonds is 3. The van der Waals surface area contributed by atoms with Gasteiger partial charge in [-0.25, -0.2) is 13.1 Å². The van der Waals surface area contributed by atoms with E-state index in [4.69, 9.17) is 10.5 Å². The van der Waals surface area contributed by atoms with E-state index in [2.05, 4.69) is 20.7 Å². The van der Waals surface area contributed by atoms with Crippen LogP contribution in [0.4, 0.5) is 5.69 Å². The molecule has 0 radical (unpaired) electrons. The van der Waals surface area contributed by atoms with Gasteiger partial charge in [-0.2, -0.15) is 0 Å². The Morgan fingerprint density at radius 3 is 2.80 bits per heavy atom. The van der Waals surface area contributed by atoms with E-state index < -0.39 is 10.0 Å². The van der Waals surface area contributed by atoms with Gasteiger partial charge in [0, 0.05) is 17.1 Å². The molecule has 1 fully saturated rings. The Morgan fingerprint density at radius 2 is 2.15 bits per heavy atom. The highest BCUT2D eigenvalue weighted by molar-refractivity contribution is 9.10. The lowest BCUT2D eigenvalue weighted by Gasteiger charge is -2.35. The molecule has 0 bridgehead atoms. The predicted molar refractivity (Wildman–Crippen MR) is 81.9 cm³/mol. The second-order valence-electron chi connectivity index (χ2n) is 5.60. The monoisotopic (exact) mass is 362 g/mol. The summed E-state index contributed by atoms with van der Waals surface area (Å²) < 4.78 is 33.9. The van der Waals surface area contributed by atoms with Crippen molar-refractivity contribution in [1.29, 1.82) is 0 Å². The van der Waals surface area contributed by atoms with E-state index in [-0.39, 0.29) is 22.2 Å². The van der Waals surface area contributed by atoms with Gasteiger partial charge in [-0.1, -0.05) is 15.9 Å². The van der Waals surface area contributed by atoms with Crippen molar-refractivity contribution in [1.82, 2.24) is 4.72 Å². The number of halogens is 1. The van der Waals surface area contributed by atoms with Crippen LogP contribution in [0.5, 0.6) is 0 Å². The number of nitrogen functional groups attached to an aromatic ring is 1. The van der Waals surface area contributed by atoms with Gasteiger partial charge in [0.15, 0.2) is 0 Å². The lowest BCUT2D eigenvalue weighted by atomic mass is 9.95. The Labute approximate surface area is 128 Å². The second kappa shape index (κ2) is 5.63. The molecule has 1 heterocycles. The van der Waals surface area contributed by atoms with Crippen LogP contribution in [0.3, 0.4) is 0 Å². The number of hydrogen-bond donors (Lipinski definition) is 2. The van der Waals surface area contributed by atoms with E-state index >= 15 is 0 Å². The highest BCUT2D eigenvalue weighted by Crippen LogP contribution is 2.27. The number of nitrogens with two attached hydrogens (primary N) is 1.